The van der Waals surface area contributed by atoms with E-state index in [2.05, 4.69) is 4.72 Å². The Bertz CT molecular complexity index is 700. The Kier molecular flexibility index (Phi) is 6.14. The van der Waals surface area contributed by atoms with Crippen LogP contribution in [0.25, 0.3) is 0 Å². The van der Waals surface area contributed by atoms with Crippen LogP contribution in [0, 0.1) is 24.0 Å². The van der Waals surface area contributed by atoms with Gasteiger partial charge in [-0.05, 0) is 37.8 Å². The Labute approximate surface area is 142 Å². The second-order valence-corrected chi connectivity index (χ2v) is 7.53. The standard InChI is InChI=1S/C14H21N3O4S.ClH/c1-10-5-6-12(17(18)19)13(11(10)2)22(20,21)16-14(9-15)7-3-4-8-14;/h5-6,16H,3-4,7-9,15H2,1-2H3;1H. The number of halogens is 1. The van der Waals surface area contributed by atoms with Crippen LogP contribution < -0.4 is 10.5 Å². The third-order valence-electron chi connectivity index (χ3n) is 4.42. The first kappa shape index (κ1) is 19.8. The van der Waals surface area contributed by atoms with Gasteiger partial charge in [0.1, 0.15) is 0 Å². The van der Waals surface area contributed by atoms with Gasteiger partial charge in [0.05, 0.1) is 4.92 Å². The minimum absolute atomic E-state index is 0. The largest absolute Gasteiger partial charge is 0.329 e. The number of aryl methyl sites for hydroxylation is 1. The van der Waals surface area contributed by atoms with Crippen molar-refractivity contribution in [1.29, 1.82) is 0 Å². The normalized spacial score (nSPS) is 16.8. The summed E-state index contributed by atoms with van der Waals surface area (Å²) in [5.74, 6) is 0. The average molecular weight is 364 g/mol. The zero-order valence-electron chi connectivity index (χ0n) is 13.2. The molecule has 130 valence electrons. The van der Waals surface area contributed by atoms with E-state index in [-0.39, 0.29) is 23.8 Å². The highest BCUT2D eigenvalue weighted by Gasteiger charge is 2.39. The fourth-order valence-electron chi connectivity index (χ4n) is 2.99. The predicted octanol–water partition coefficient (Wildman–Crippen LogP) is 2.18. The second-order valence-electron chi connectivity index (χ2n) is 5.91. The second kappa shape index (κ2) is 7.12. The van der Waals surface area contributed by atoms with Crippen LogP contribution in [0.1, 0.15) is 36.8 Å². The van der Waals surface area contributed by atoms with Crippen molar-refractivity contribution < 1.29 is 13.3 Å². The molecule has 1 fully saturated rings. The van der Waals surface area contributed by atoms with Crippen molar-refractivity contribution in [2.24, 2.45) is 5.73 Å². The van der Waals surface area contributed by atoms with E-state index in [0.717, 1.165) is 12.8 Å². The molecule has 0 aliphatic heterocycles. The van der Waals surface area contributed by atoms with Gasteiger partial charge in [0.2, 0.25) is 10.0 Å². The van der Waals surface area contributed by atoms with E-state index in [0.29, 0.717) is 24.0 Å². The summed E-state index contributed by atoms with van der Waals surface area (Å²) in [6, 6.07) is 2.79. The summed E-state index contributed by atoms with van der Waals surface area (Å²) in [5, 5.41) is 11.2. The molecule has 0 aromatic heterocycles. The SMILES string of the molecule is Cc1ccc([N+](=O)[O-])c(S(=O)(=O)NC2(CN)CCCC2)c1C.Cl. The van der Waals surface area contributed by atoms with Crippen LogP contribution in [-0.4, -0.2) is 25.4 Å². The summed E-state index contributed by atoms with van der Waals surface area (Å²) in [7, 11) is -4.01. The van der Waals surface area contributed by atoms with Gasteiger partial charge in [-0.2, -0.15) is 0 Å². The number of hydrogen-bond acceptors (Lipinski definition) is 5. The van der Waals surface area contributed by atoms with Crippen molar-refractivity contribution in [2.75, 3.05) is 6.54 Å². The van der Waals surface area contributed by atoms with Gasteiger partial charge in [-0.15, -0.1) is 12.4 Å². The molecular weight excluding hydrogens is 342 g/mol. The lowest BCUT2D eigenvalue weighted by molar-refractivity contribution is -0.387. The summed E-state index contributed by atoms with van der Waals surface area (Å²) in [5.41, 5.74) is 5.75. The summed E-state index contributed by atoms with van der Waals surface area (Å²) < 4.78 is 28.2. The van der Waals surface area contributed by atoms with Crippen LogP contribution in [0.5, 0.6) is 0 Å². The summed E-state index contributed by atoms with van der Waals surface area (Å²) in [6.07, 6.45) is 3.10. The van der Waals surface area contributed by atoms with Crippen LogP contribution in [0.15, 0.2) is 17.0 Å². The minimum Gasteiger partial charge on any atom is -0.329 e. The van der Waals surface area contributed by atoms with Gasteiger partial charge in [0.15, 0.2) is 4.90 Å². The molecule has 0 heterocycles. The maximum Gasteiger partial charge on any atom is 0.289 e. The van der Waals surface area contributed by atoms with Gasteiger partial charge < -0.3 is 5.73 Å². The highest BCUT2D eigenvalue weighted by molar-refractivity contribution is 7.89. The van der Waals surface area contributed by atoms with Crippen molar-refractivity contribution in [2.45, 2.75) is 50.0 Å². The Morgan fingerprint density at radius 1 is 1.30 bits per heavy atom. The summed E-state index contributed by atoms with van der Waals surface area (Å²) in [4.78, 5) is 10.3. The topological polar surface area (TPSA) is 115 Å². The molecule has 1 aromatic rings. The van der Waals surface area contributed by atoms with Crippen molar-refractivity contribution in [1.82, 2.24) is 4.72 Å². The Balaban J connectivity index is 0.00000264. The van der Waals surface area contributed by atoms with Gasteiger partial charge in [-0.1, -0.05) is 18.9 Å². The minimum atomic E-state index is -4.01. The fourth-order valence-corrected chi connectivity index (χ4v) is 4.94. The molecule has 0 radical (unpaired) electrons. The summed E-state index contributed by atoms with van der Waals surface area (Å²) in [6.45, 7) is 3.50. The molecule has 0 spiro atoms. The number of nitro groups is 1. The van der Waals surface area contributed by atoms with Gasteiger partial charge in [0.25, 0.3) is 5.69 Å². The third kappa shape index (κ3) is 3.82. The van der Waals surface area contributed by atoms with Crippen LogP contribution >= 0.6 is 12.4 Å². The van der Waals surface area contributed by atoms with Gasteiger partial charge in [-0.25, -0.2) is 13.1 Å². The molecule has 2 rings (SSSR count). The number of nitrogens with two attached hydrogens (primary N) is 1. The molecule has 1 aliphatic rings. The molecule has 9 heteroatoms. The van der Waals surface area contributed by atoms with Crippen LogP contribution in [0.4, 0.5) is 5.69 Å². The van der Waals surface area contributed by atoms with Gasteiger partial charge >= 0.3 is 0 Å². The number of nitrogens with one attached hydrogen (secondary N) is 1. The van der Waals surface area contributed by atoms with Crippen molar-refractivity contribution in [3.63, 3.8) is 0 Å². The highest BCUT2D eigenvalue weighted by atomic mass is 35.5. The maximum atomic E-state index is 12.8. The average Bonchev–Trinajstić information content (AvgIpc) is 2.89. The molecule has 0 atom stereocenters. The van der Waals surface area contributed by atoms with E-state index in [1.54, 1.807) is 19.9 Å². The number of hydrogen-bond donors (Lipinski definition) is 2. The first-order chi connectivity index (χ1) is 10.2. The molecule has 0 bridgehead atoms. The molecule has 1 saturated carbocycles. The zero-order valence-corrected chi connectivity index (χ0v) is 14.8. The van der Waals surface area contributed by atoms with Crippen molar-refractivity contribution >= 4 is 28.1 Å². The Morgan fingerprint density at radius 3 is 2.35 bits per heavy atom. The predicted molar refractivity (Wildman–Crippen MR) is 90.4 cm³/mol. The van der Waals surface area contributed by atoms with Crippen molar-refractivity contribution in [3.8, 4) is 0 Å². The molecule has 1 aromatic carbocycles. The van der Waals surface area contributed by atoms with Crippen LogP contribution in [-0.2, 0) is 10.0 Å². The fraction of sp³-hybridized carbons (Fsp3) is 0.571. The first-order valence-corrected chi connectivity index (χ1v) is 8.69. The molecule has 0 amide bonds. The number of rotatable bonds is 5. The molecule has 3 N–H and O–H groups in total. The summed E-state index contributed by atoms with van der Waals surface area (Å²) >= 11 is 0. The first-order valence-electron chi connectivity index (χ1n) is 7.21. The quantitative estimate of drug-likeness (QED) is 0.614. The molecular formula is C14H22ClN3O4S. The number of nitro benzene ring substituents is 1. The van der Waals surface area contributed by atoms with E-state index in [4.69, 9.17) is 5.73 Å². The van der Waals surface area contributed by atoms with Gasteiger partial charge in [-0.3, -0.25) is 10.1 Å². The molecule has 0 unspecified atom stereocenters. The van der Waals surface area contributed by atoms with E-state index in [9.17, 15) is 18.5 Å². The highest BCUT2D eigenvalue weighted by Crippen LogP contribution is 2.34. The molecule has 7 nitrogen and oxygen atoms in total. The maximum absolute atomic E-state index is 12.8. The Hall–Kier alpha value is -1.22. The lowest BCUT2D eigenvalue weighted by Crippen LogP contribution is -2.51. The van der Waals surface area contributed by atoms with Gasteiger partial charge in [0, 0.05) is 18.2 Å². The lowest BCUT2D eigenvalue weighted by Gasteiger charge is -2.28. The third-order valence-corrected chi connectivity index (χ3v) is 6.18. The Morgan fingerprint density at radius 2 is 1.87 bits per heavy atom. The van der Waals surface area contributed by atoms with Crippen LogP contribution in [0.3, 0.4) is 0 Å². The van der Waals surface area contributed by atoms with E-state index >= 15 is 0 Å². The zero-order chi connectivity index (χ0) is 16.5. The molecule has 23 heavy (non-hydrogen) atoms. The molecule has 0 saturated heterocycles. The number of nitrogens with zero attached hydrogens (tertiary/aromatic N) is 1. The number of benzene rings is 1. The monoisotopic (exact) mass is 363 g/mol. The lowest BCUT2D eigenvalue weighted by atomic mass is 10.0. The molecule has 1 aliphatic carbocycles. The smallest absolute Gasteiger partial charge is 0.289 e. The van der Waals surface area contributed by atoms with Crippen molar-refractivity contribution in [3.05, 3.63) is 33.4 Å². The van der Waals surface area contributed by atoms with E-state index in [1.807, 2.05) is 0 Å². The number of sulfonamides is 1. The van der Waals surface area contributed by atoms with E-state index in [1.165, 1.54) is 6.07 Å². The van der Waals surface area contributed by atoms with Crippen LogP contribution in [0.2, 0.25) is 0 Å². The van der Waals surface area contributed by atoms with E-state index < -0.39 is 26.2 Å².